The van der Waals surface area contributed by atoms with Gasteiger partial charge in [-0.25, -0.2) is 4.98 Å². The predicted molar refractivity (Wildman–Crippen MR) is 75.8 cm³/mol. The maximum Gasteiger partial charge on any atom is 0.255 e. The average molecular weight is 327 g/mol. The van der Waals surface area contributed by atoms with Gasteiger partial charge in [0.25, 0.3) is 5.91 Å². The number of carbonyl (C=O) groups is 1. The molecule has 0 radical (unpaired) electrons. The molecule has 6 heteroatoms. The molecule has 18 heavy (non-hydrogen) atoms. The van der Waals surface area contributed by atoms with Crippen molar-refractivity contribution in [2.24, 2.45) is 0 Å². The summed E-state index contributed by atoms with van der Waals surface area (Å²) in [7, 11) is 0. The standard InChI is InChI=1S/C12H9BrClN3O/c13-8-2-1-3-9(6-8)16-12(18)7-4-10(14)17-11(15)5-7/h1-6H,(H2,15,17)(H,16,18). The first-order chi connectivity index (χ1) is 8.54. The molecule has 0 fully saturated rings. The molecule has 1 heterocycles. The molecule has 0 bridgehead atoms. The fourth-order valence-electron chi connectivity index (χ4n) is 1.42. The molecule has 0 aliphatic rings. The summed E-state index contributed by atoms with van der Waals surface area (Å²) >= 11 is 9.07. The number of carbonyl (C=O) groups excluding carboxylic acids is 1. The van der Waals surface area contributed by atoms with Gasteiger partial charge < -0.3 is 11.1 Å². The molecule has 0 saturated carbocycles. The fraction of sp³-hybridized carbons (Fsp3) is 0. The van der Waals surface area contributed by atoms with E-state index in [4.69, 9.17) is 17.3 Å². The minimum Gasteiger partial charge on any atom is -0.384 e. The highest BCUT2D eigenvalue weighted by molar-refractivity contribution is 9.10. The Labute approximate surface area is 117 Å². The lowest BCUT2D eigenvalue weighted by molar-refractivity contribution is 0.102. The molecule has 1 amide bonds. The van der Waals surface area contributed by atoms with Crippen molar-refractivity contribution in [3.05, 3.63) is 51.6 Å². The largest absolute Gasteiger partial charge is 0.384 e. The van der Waals surface area contributed by atoms with Crippen LogP contribution in [0.15, 0.2) is 40.9 Å². The summed E-state index contributed by atoms with van der Waals surface area (Å²) in [5.74, 6) is -0.0778. The van der Waals surface area contributed by atoms with E-state index in [0.717, 1.165) is 4.47 Å². The van der Waals surface area contributed by atoms with E-state index in [1.807, 2.05) is 12.1 Å². The average Bonchev–Trinajstić information content (AvgIpc) is 2.27. The Kier molecular flexibility index (Phi) is 3.84. The summed E-state index contributed by atoms with van der Waals surface area (Å²) in [5.41, 5.74) is 6.58. The summed E-state index contributed by atoms with van der Waals surface area (Å²) in [6.07, 6.45) is 0. The number of nitrogens with zero attached hydrogens (tertiary/aromatic N) is 1. The van der Waals surface area contributed by atoms with Gasteiger partial charge in [-0.05, 0) is 30.3 Å². The van der Waals surface area contributed by atoms with E-state index in [1.54, 1.807) is 12.1 Å². The van der Waals surface area contributed by atoms with Crippen LogP contribution in [0, 0.1) is 0 Å². The first kappa shape index (κ1) is 12.9. The van der Waals surface area contributed by atoms with E-state index in [9.17, 15) is 4.79 Å². The number of aromatic nitrogens is 1. The van der Waals surface area contributed by atoms with E-state index < -0.39 is 0 Å². The van der Waals surface area contributed by atoms with E-state index in [1.165, 1.54) is 12.1 Å². The molecule has 0 aliphatic carbocycles. The molecule has 0 saturated heterocycles. The summed E-state index contributed by atoms with van der Waals surface area (Å²) in [4.78, 5) is 15.8. The second kappa shape index (κ2) is 5.37. The third kappa shape index (κ3) is 3.21. The third-order valence-electron chi connectivity index (χ3n) is 2.16. The van der Waals surface area contributed by atoms with Gasteiger partial charge in [0.15, 0.2) is 0 Å². The zero-order chi connectivity index (χ0) is 13.1. The number of nitrogens with two attached hydrogens (primary N) is 1. The molecule has 1 aromatic carbocycles. The molecule has 4 nitrogen and oxygen atoms in total. The van der Waals surface area contributed by atoms with Crippen LogP contribution in [0.25, 0.3) is 0 Å². The van der Waals surface area contributed by atoms with Gasteiger partial charge in [0, 0.05) is 15.7 Å². The molecule has 2 aromatic rings. The molecule has 0 unspecified atom stereocenters. The molecular weight excluding hydrogens is 318 g/mol. The Balaban J connectivity index is 2.22. The van der Waals surface area contributed by atoms with Crippen LogP contribution in [0.1, 0.15) is 10.4 Å². The second-order valence-electron chi connectivity index (χ2n) is 3.57. The molecule has 2 rings (SSSR count). The molecule has 0 spiro atoms. The van der Waals surface area contributed by atoms with Crippen molar-refractivity contribution in [2.75, 3.05) is 11.1 Å². The van der Waals surface area contributed by atoms with Crippen LogP contribution in [0.2, 0.25) is 5.15 Å². The Morgan fingerprint density at radius 2 is 2.11 bits per heavy atom. The summed E-state index contributed by atoms with van der Waals surface area (Å²) < 4.78 is 0.882. The number of halogens is 2. The van der Waals surface area contributed by atoms with Crippen LogP contribution in [0.3, 0.4) is 0 Å². The minimum atomic E-state index is -0.288. The Hall–Kier alpha value is -1.59. The van der Waals surface area contributed by atoms with Gasteiger partial charge in [0.1, 0.15) is 11.0 Å². The van der Waals surface area contributed by atoms with E-state index in [2.05, 4.69) is 26.2 Å². The van der Waals surface area contributed by atoms with Gasteiger partial charge in [-0.3, -0.25) is 4.79 Å². The van der Waals surface area contributed by atoms with Crippen LogP contribution in [0.5, 0.6) is 0 Å². The molecule has 1 aromatic heterocycles. The second-order valence-corrected chi connectivity index (χ2v) is 4.87. The normalized spacial score (nSPS) is 10.1. The highest BCUT2D eigenvalue weighted by Crippen LogP contribution is 2.18. The lowest BCUT2D eigenvalue weighted by atomic mass is 10.2. The number of rotatable bonds is 2. The number of nitrogen functional groups attached to an aromatic ring is 1. The van der Waals surface area contributed by atoms with E-state index in [0.29, 0.717) is 11.3 Å². The lowest BCUT2D eigenvalue weighted by Gasteiger charge is -2.06. The van der Waals surface area contributed by atoms with E-state index in [-0.39, 0.29) is 16.9 Å². The number of anilines is 2. The van der Waals surface area contributed by atoms with Crippen molar-refractivity contribution in [3.63, 3.8) is 0 Å². The quantitative estimate of drug-likeness (QED) is 0.832. The van der Waals surface area contributed by atoms with Crippen LogP contribution < -0.4 is 11.1 Å². The van der Waals surface area contributed by atoms with Crippen LogP contribution in [-0.2, 0) is 0 Å². The molecule has 0 aliphatic heterocycles. The van der Waals surface area contributed by atoms with Crippen molar-refractivity contribution in [1.82, 2.24) is 4.98 Å². The number of hydrogen-bond acceptors (Lipinski definition) is 3. The molecular formula is C12H9BrClN3O. The minimum absolute atomic E-state index is 0.189. The van der Waals surface area contributed by atoms with Gasteiger partial charge in [-0.2, -0.15) is 0 Å². The van der Waals surface area contributed by atoms with Gasteiger partial charge in [0.2, 0.25) is 0 Å². The van der Waals surface area contributed by atoms with Gasteiger partial charge >= 0.3 is 0 Å². The van der Waals surface area contributed by atoms with Crippen molar-refractivity contribution in [1.29, 1.82) is 0 Å². The number of nitrogens with one attached hydrogen (secondary N) is 1. The first-order valence-corrected chi connectivity index (χ1v) is 6.22. The van der Waals surface area contributed by atoms with Crippen molar-refractivity contribution in [2.45, 2.75) is 0 Å². The number of benzene rings is 1. The lowest BCUT2D eigenvalue weighted by Crippen LogP contribution is -2.12. The van der Waals surface area contributed by atoms with Gasteiger partial charge in [-0.15, -0.1) is 0 Å². The predicted octanol–water partition coefficient (Wildman–Crippen LogP) is 3.33. The molecule has 3 N–H and O–H groups in total. The summed E-state index contributed by atoms with van der Waals surface area (Å²) in [6, 6.07) is 10.2. The highest BCUT2D eigenvalue weighted by atomic mass is 79.9. The first-order valence-electron chi connectivity index (χ1n) is 5.04. The van der Waals surface area contributed by atoms with Crippen molar-refractivity contribution >= 4 is 44.9 Å². The Morgan fingerprint density at radius 3 is 2.78 bits per heavy atom. The monoisotopic (exact) mass is 325 g/mol. The SMILES string of the molecule is Nc1cc(C(=O)Nc2cccc(Br)c2)cc(Cl)n1. The fourth-order valence-corrected chi connectivity index (χ4v) is 2.03. The summed E-state index contributed by atoms with van der Waals surface area (Å²) in [5, 5.41) is 2.93. The topological polar surface area (TPSA) is 68.0 Å². The number of amides is 1. The number of hydrogen-bond donors (Lipinski definition) is 2. The van der Waals surface area contributed by atoms with E-state index >= 15 is 0 Å². The molecule has 92 valence electrons. The smallest absolute Gasteiger partial charge is 0.255 e. The summed E-state index contributed by atoms with van der Waals surface area (Å²) in [6.45, 7) is 0. The Bertz CT molecular complexity index is 583. The van der Waals surface area contributed by atoms with Gasteiger partial charge in [-0.1, -0.05) is 33.6 Å². The Morgan fingerprint density at radius 1 is 1.33 bits per heavy atom. The van der Waals surface area contributed by atoms with Crippen LogP contribution in [-0.4, -0.2) is 10.9 Å². The zero-order valence-electron chi connectivity index (χ0n) is 9.15. The maximum atomic E-state index is 12.0. The van der Waals surface area contributed by atoms with Gasteiger partial charge in [0.05, 0.1) is 0 Å². The van der Waals surface area contributed by atoms with Crippen LogP contribution in [0.4, 0.5) is 11.5 Å². The number of pyridine rings is 1. The van der Waals surface area contributed by atoms with Crippen molar-refractivity contribution < 1.29 is 4.79 Å². The third-order valence-corrected chi connectivity index (χ3v) is 2.85. The van der Waals surface area contributed by atoms with Crippen molar-refractivity contribution in [3.8, 4) is 0 Å². The molecule has 0 atom stereocenters. The maximum absolute atomic E-state index is 12.0. The van der Waals surface area contributed by atoms with Crippen LogP contribution >= 0.6 is 27.5 Å². The highest BCUT2D eigenvalue weighted by Gasteiger charge is 2.08. The zero-order valence-corrected chi connectivity index (χ0v) is 11.5.